The Kier molecular flexibility index (Phi) is 6.51. The van der Waals surface area contributed by atoms with Crippen LogP contribution in [0.4, 0.5) is 18.9 Å². The van der Waals surface area contributed by atoms with Gasteiger partial charge in [0.2, 0.25) is 5.88 Å². The van der Waals surface area contributed by atoms with Crippen molar-refractivity contribution in [1.29, 1.82) is 0 Å². The Bertz CT molecular complexity index is 1480. The van der Waals surface area contributed by atoms with Gasteiger partial charge in [-0.2, -0.15) is 25.9 Å². The van der Waals surface area contributed by atoms with Crippen molar-refractivity contribution in [3.8, 4) is 11.6 Å². The topological polar surface area (TPSA) is 144 Å². The third-order valence-electron chi connectivity index (χ3n) is 4.62. The van der Waals surface area contributed by atoms with Gasteiger partial charge in [0.1, 0.15) is 0 Å². The lowest BCUT2D eigenvalue weighted by Gasteiger charge is -2.15. The second-order valence-electron chi connectivity index (χ2n) is 7.10. The van der Waals surface area contributed by atoms with Gasteiger partial charge in [0.15, 0.2) is 0 Å². The van der Waals surface area contributed by atoms with E-state index in [0.717, 1.165) is 31.8 Å². The molecule has 0 fully saturated rings. The molecular formula is C18H18F3N5O6S2. The van der Waals surface area contributed by atoms with E-state index in [4.69, 9.17) is 0 Å². The van der Waals surface area contributed by atoms with Gasteiger partial charge in [-0.15, -0.1) is 0 Å². The minimum absolute atomic E-state index is 0.0806. The molecule has 3 aromatic rings. The summed E-state index contributed by atoms with van der Waals surface area (Å²) in [5, 5.41) is 10.2. The number of nitrogens with one attached hydrogen (secondary N) is 1. The first-order chi connectivity index (χ1) is 15.6. The summed E-state index contributed by atoms with van der Waals surface area (Å²) in [5.74, 6) is -0.582. The summed E-state index contributed by atoms with van der Waals surface area (Å²) in [6.07, 6.45) is 3.63. The fraction of sp³-hybridized carbons (Fsp3) is 0.222. The van der Waals surface area contributed by atoms with Crippen molar-refractivity contribution in [1.82, 2.24) is 18.4 Å². The number of hydrogen-bond acceptors (Lipinski definition) is 7. The third-order valence-corrected chi connectivity index (χ3v) is 7.56. The molecule has 2 N–H and O–H groups in total. The van der Waals surface area contributed by atoms with Crippen LogP contribution in [-0.2, 0) is 26.6 Å². The molecule has 0 spiro atoms. The molecule has 1 aromatic carbocycles. The predicted octanol–water partition coefficient (Wildman–Crippen LogP) is 1.30. The lowest BCUT2D eigenvalue weighted by Crippen LogP contribution is -2.30. The zero-order chi connectivity index (χ0) is 25.5. The molecule has 2 aromatic heterocycles. The van der Waals surface area contributed by atoms with Crippen molar-refractivity contribution in [3.63, 3.8) is 0 Å². The van der Waals surface area contributed by atoms with E-state index in [2.05, 4.69) is 9.71 Å². The monoisotopic (exact) mass is 521 g/mol. The SMILES string of the molecule is CN(C)S(=O)(=O)Nc1cnccc1Cn1cc(O)n(-c2ccc(S(=O)(=O)C(F)(F)F)cc2)c1=O. The molecule has 0 saturated carbocycles. The van der Waals surface area contributed by atoms with Gasteiger partial charge in [-0.1, -0.05) is 0 Å². The fourth-order valence-electron chi connectivity index (χ4n) is 2.81. The Hall–Kier alpha value is -3.37. The maximum absolute atomic E-state index is 12.8. The number of aromatic nitrogens is 3. The first-order valence-electron chi connectivity index (χ1n) is 9.21. The van der Waals surface area contributed by atoms with Crippen LogP contribution in [0.25, 0.3) is 5.69 Å². The highest BCUT2D eigenvalue weighted by atomic mass is 32.2. The van der Waals surface area contributed by atoms with Crippen LogP contribution in [0.3, 0.4) is 0 Å². The van der Waals surface area contributed by atoms with Crippen molar-refractivity contribution in [2.75, 3.05) is 18.8 Å². The molecule has 3 rings (SSSR count). The normalized spacial score (nSPS) is 12.8. The molecule has 16 heteroatoms. The smallest absolute Gasteiger partial charge is 0.493 e. The van der Waals surface area contributed by atoms with Crippen LogP contribution >= 0.6 is 0 Å². The average molecular weight is 521 g/mol. The van der Waals surface area contributed by atoms with Gasteiger partial charge in [-0.3, -0.25) is 14.3 Å². The van der Waals surface area contributed by atoms with Crippen LogP contribution < -0.4 is 10.4 Å². The van der Waals surface area contributed by atoms with Gasteiger partial charge in [0.05, 0.1) is 35.2 Å². The van der Waals surface area contributed by atoms with Crippen LogP contribution in [-0.4, -0.2) is 60.0 Å². The van der Waals surface area contributed by atoms with Gasteiger partial charge < -0.3 is 5.11 Å². The van der Waals surface area contributed by atoms with Crippen LogP contribution in [0.2, 0.25) is 0 Å². The first kappa shape index (κ1) is 25.3. The maximum atomic E-state index is 12.8. The minimum atomic E-state index is -5.58. The average Bonchev–Trinajstić information content (AvgIpc) is 3.01. The molecule has 0 radical (unpaired) electrons. The van der Waals surface area contributed by atoms with Crippen molar-refractivity contribution < 1.29 is 35.1 Å². The molecule has 0 unspecified atom stereocenters. The largest absolute Gasteiger partial charge is 0.501 e. The zero-order valence-electron chi connectivity index (χ0n) is 17.6. The number of anilines is 1. The lowest BCUT2D eigenvalue weighted by molar-refractivity contribution is -0.0436. The van der Waals surface area contributed by atoms with Crippen LogP contribution in [0.15, 0.2) is 58.6 Å². The van der Waals surface area contributed by atoms with E-state index in [1.54, 1.807) is 0 Å². The molecule has 34 heavy (non-hydrogen) atoms. The quantitative estimate of drug-likeness (QED) is 0.477. The molecule has 0 saturated heterocycles. The molecule has 2 heterocycles. The number of aromatic hydroxyl groups is 1. The molecule has 0 amide bonds. The summed E-state index contributed by atoms with van der Waals surface area (Å²) in [4.78, 5) is 15.7. The molecule has 0 aliphatic heterocycles. The summed E-state index contributed by atoms with van der Waals surface area (Å²) in [5.41, 5.74) is -6.00. The molecule has 11 nitrogen and oxygen atoms in total. The highest BCUT2D eigenvalue weighted by molar-refractivity contribution is 7.92. The second-order valence-corrected chi connectivity index (χ2v) is 10.9. The summed E-state index contributed by atoms with van der Waals surface area (Å²) in [6.45, 7) is -0.201. The molecule has 0 bridgehead atoms. The standard InChI is InChI=1S/C18H18F3N5O6S2/c1-24(2)34(31,32)23-15-9-22-8-7-12(15)10-25-11-16(27)26(17(25)28)13-3-5-14(6-4-13)33(29,30)18(19,20)21/h3-9,11,23,27H,10H2,1-2H3. The highest BCUT2D eigenvalue weighted by Crippen LogP contribution is 2.30. The Morgan fingerprint density at radius 3 is 2.26 bits per heavy atom. The van der Waals surface area contributed by atoms with Crippen LogP contribution in [0.5, 0.6) is 5.88 Å². The van der Waals surface area contributed by atoms with E-state index in [9.17, 15) is 39.9 Å². The third kappa shape index (κ3) is 4.78. The number of benzene rings is 1. The van der Waals surface area contributed by atoms with Gasteiger partial charge in [-0.05, 0) is 35.9 Å². The summed E-state index contributed by atoms with van der Waals surface area (Å²) in [7, 11) is -6.83. The van der Waals surface area contributed by atoms with Gasteiger partial charge >= 0.3 is 21.4 Å². The van der Waals surface area contributed by atoms with Gasteiger partial charge in [0, 0.05) is 20.3 Å². The van der Waals surface area contributed by atoms with Crippen molar-refractivity contribution in [2.45, 2.75) is 16.9 Å². The zero-order valence-corrected chi connectivity index (χ0v) is 19.2. The molecule has 0 aliphatic carbocycles. The van der Waals surface area contributed by atoms with Crippen molar-refractivity contribution >= 4 is 25.7 Å². The van der Waals surface area contributed by atoms with Crippen LogP contribution in [0.1, 0.15) is 5.56 Å². The highest BCUT2D eigenvalue weighted by Gasteiger charge is 2.46. The number of alkyl halides is 3. The Morgan fingerprint density at radius 1 is 1.09 bits per heavy atom. The van der Waals surface area contributed by atoms with E-state index in [0.29, 0.717) is 17.7 Å². The number of pyridine rings is 1. The number of halogens is 3. The van der Waals surface area contributed by atoms with E-state index in [1.807, 2.05) is 0 Å². The van der Waals surface area contributed by atoms with E-state index >= 15 is 0 Å². The Labute approximate surface area is 191 Å². The minimum Gasteiger partial charge on any atom is -0.493 e. The predicted molar refractivity (Wildman–Crippen MR) is 115 cm³/mol. The summed E-state index contributed by atoms with van der Waals surface area (Å²) >= 11 is 0. The van der Waals surface area contributed by atoms with Crippen LogP contribution in [0, 0.1) is 0 Å². The van der Waals surface area contributed by atoms with Gasteiger partial charge in [0.25, 0.3) is 9.84 Å². The molecule has 0 atom stereocenters. The lowest BCUT2D eigenvalue weighted by atomic mass is 10.2. The summed E-state index contributed by atoms with van der Waals surface area (Å²) in [6, 6.07) is 4.65. The Morgan fingerprint density at radius 2 is 1.71 bits per heavy atom. The molecule has 0 aliphatic rings. The summed E-state index contributed by atoms with van der Waals surface area (Å²) < 4.78 is 90.5. The van der Waals surface area contributed by atoms with E-state index in [-0.39, 0.29) is 17.9 Å². The maximum Gasteiger partial charge on any atom is 0.501 e. The first-order valence-corrected chi connectivity index (χ1v) is 12.1. The van der Waals surface area contributed by atoms with E-state index in [1.165, 1.54) is 32.6 Å². The molecule has 184 valence electrons. The second kappa shape index (κ2) is 8.77. The number of hydrogen-bond donors (Lipinski definition) is 2. The van der Waals surface area contributed by atoms with Gasteiger partial charge in [-0.25, -0.2) is 17.8 Å². The fourth-order valence-corrected chi connectivity index (χ4v) is 4.22. The Balaban J connectivity index is 1.96. The number of rotatable bonds is 7. The van der Waals surface area contributed by atoms with E-state index < -0.39 is 42.0 Å². The van der Waals surface area contributed by atoms with Crippen molar-refractivity contribution in [2.24, 2.45) is 0 Å². The molecular weight excluding hydrogens is 503 g/mol. The number of nitrogens with zero attached hydrogens (tertiary/aromatic N) is 4. The number of imidazole rings is 1. The van der Waals surface area contributed by atoms with Crippen molar-refractivity contribution in [3.05, 3.63) is 65.0 Å². The number of sulfone groups is 1.